The number of halogens is 3. The van der Waals surface area contributed by atoms with Crippen LogP contribution >= 0.6 is 0 Å². The van der Waals surface area contributed by atoms with Crippen LogP contribution in [0.1, 0.15) is 34.9 Å². The molecule has 0 aliphatic carbocycles. The molecule has 1 aliphatic rings. The molecule has 0 spiro atoms. The Bertz CT molecular complexity index is 680. The molecule has 0 saturated carbocycles. The first kappa shape index (κ1) is 15.6. The fraction of sp³-hybridized carbons (Fsp3) is 0.278. The Morgan fingerprint density at radius 1 is 0.913 bits per heavy atom. The van der Waals surface area contributed by atoms with Gasteiger partial charge in [-0.05, 0) is 29.7 Å². The molecule has 5 heteroatoms. The summed E-state index contributed by atoms with van der Waals surface area (Å²) in [5, 5.41) is 2.85. The van der Waals surface area contributed by atoms with E-state index in [-0.39, 0.29) is 17.7 Å². The number of hydrogen-bond acceptors (Lipinski definition) is 1. The molecule has 2 atom stereocenters. The normalized spacial score (nSPS) is 21.8. The summed E-state index contributed by atoms with van der Waals surface area (Å²) < 4.78 is 38.1. The van der Waals surface area contributed by atoms with E-state index in [9.17, 15) is 18.0 Å². The molecule has 0 radical (unpaired) electrons. The molecule has 2 aromatic carbocycles. The lowest BCUT2D eigenvalue weighted by Gasteiger charge is -2.32. The minimum absolute atomic E-state index is 0.0765. The molecule has 3 rings (SSSR count). The lowest BCUT2D eigenvalue weighted by Crippen LogP contribution is -2.39. The quantitative estimate of drug-likeness (QED) is 0.887. The van der Waals surface area contributed by atoms with Crippen LogP contribution in [-0.4, -0.2) is 12.5 Å². The second-order valence-corrected chi connectivity index (χ2v) is 5.69. The Kier molecular flexibility index (Phi) is 4.11. The number of hydrogen-bond donors (Lipinski definition) is 1. The van der Waals surface area contributed by atoms with E-state index in [1.54, 1.807) is 0 Å². The fourth-order valence-corrected chi connectivity index (χ4v) is 3.13. The van der Waals surface area contributed by atoms with Gasteiger partial charge in [-0.2, -0.15) is 13.2 Å². The third-order valence-electron chi connectivity index (χ3n) is 4.26. The first-order valence-electron chi connectivity index (χ1n) is 7.46. The van der Waals surface area contributed by atoms with Gasteiger partial charge in [0.1, 0.15) is 0 Å². The number of alkyl halides is 3. The van der Waals surface area contributed by atoms with E-state index in [2.05, 4.69) is 5.32 Å². The van der Waals surface area contributed by atoms with Crippen LogP contribution in [0.5, 0.6) is 0 Å². The molecule has 1 saturated heterocycles. The second kappa shape index (κ2) is 6.07. The van der Waals surface area contributed by atoms with Gasteiger partial charge in [-0.1, -0.05) is 42.5 Å². The van der Waals surface area contributed by atoms with Crippen molar-refractivity contribution < 1.29 is 18.0 Å². The van der Waals surface area contributed by atoms with E-state index in [1.165, 1.54) is 12.1 Å². The number of carbonyl (C=O) groups is 1. The van der Waals surface area contributed by atoms with Crippen LogP contribution in [0.3, 0.4) is 0 Å². The van der Waals surface area contributed by atoms with Gasteiger partial charge in [0.2, 0.25) is 5.91 Å². The first-order valence-corrected chi connectivity index (χ1v) is 7.46. The van der Waals surface area contributed by atoms with Crippen molar-refractivity contribution in [3.8, 4) is 0 Å². The van der Waals surface area contributed by atoms with Crippen LogP contribution in [-0.2, 0) is 11.0 Å². The average Bonchev–Trinajstić information content (AvgIpc) is 2.55. The number of piperidine rings is 1. The fourth-order valence-electron chi connectivity index (χ4n) is 3.13. The lowest BCUT2D eigenvalue weighted by molar-refractivity contribution is -0.137. The van der Waals surface area contributed by atoms with E-state index < -0.39 is 11.7 Å². The highest BCUT2D eigenvalue weighted by Crippen LogP contribution is 2.39. The van der Waals surface area contributed by atoms with Gasteiger partial charge < -0.3 is 5.32 Å². The Hall–Kier alpha value is -2.30. The standard InChI is InChI=1S/C18H16F3NO/c19-18(20,21)14-8-6-12(7-9-14)15-10-11-22-17(23)16(15)13-4-2-1-3-5-13/h1-9,15-16H,10-11H2,(H,22,23). The summed E-state index contributed by atoms with van der Waals surface area (Å²) in [5.74, 6) is -0.567. The number of nitrogens with one attached hydrogen (secondary N) is 1. The SMILES string of the molecule is O=C1NCCC(c2ccc(C(F)(F)F)cc2)C1c1ccccc1. The first-order chi connectivity index (χ1) is 11.0. The largest absolute Gasteiger partial charge is 0.416 e. The maximum absolute atomic E-state index is 12.7. The van der Waals surface area contributed by atoms with E-state index in [0.717, 1.165) is 23.3 Å². The van der Waals surface area contributed by atoms with Crippen LogP contribution in [0.15, 0.2) is 54.6 Å². The zero-order valence-electron chi connectivity index (χ0n) is 12.3. The summed E-state index contributed by atoms with van der Waals surface area (Å²) in [5.41, 5.74) is 0.981. The second-order valence-electron chi connectivity index (χ2n) is 5.69. The van der Waals surface area contributed by atoms with Crippen molar-refractivity contribution in [2.75, 3.05) is 6.54 Å². The summed E-state index contributed by atoms with van der Waals surface area (Å²) >= 11 is 0. The molecule has 1 heterocycles. The van der Waals surface area contributed by atoms with Crippen LogP contribution in [0, 0.1) is 0 Å². The van der Waals surface area contributed by atoms with Gasteiger partial charge in [-0.25, -0.2) is 0 Å². The molecular formula is C18H16F3NO. The molecule has 1 fully saturated rings. The Morgan fingerprint density at radius 3 is 2.17 bits per heavy atom. The molecule has 2 unspecified atom stereocenters. The third kappa shape index (κ3) is 3.23. The zero-order valence-corrected chi connectivity index (χ0v) is 12.3. The predicted octanol–water partition coefficient (Wildman–Crippen LogP) is 4.09. The van der Waals surface area contributed by atoms with Crippen molar-refractivity contribution in [2.24, 2.45) is 0 Å². The van der Waals surface area contributed by atoms with E-state index in [1.807, 2.05) is 30.3 Å². The summed E-state index contributed by atoms with van der Waals surface area (Å²) in [6, 6.07) is 14.5. The van der Waals surface area contributed by atoms with Gasteiger partial charge in [-0.3, -0.25) is 4.79 Å². The third-order valence-corrected chi connectivity index (χ3v) is 4.26. The highest BCUT2D eigenvalue weighted by Gasteiger charge is 2.35. The molecule has 2 aromatic rings. The van der Waals surface area contributed by atoms with E-state index in [4.69, 9.17) is 0 Å². The van der Waals surface area contributed by atoms with Gasteiger partial charge in [0.15, 0.2) is 0 Å². The summed E-state index contributed by atoms with van der Waals surface area (Å²) in [7, 11) is 0. The minimum atomic E-state index is -4.35. The Morgan fingerprint density at radius 2 is 1.57 bits per heavy atom. The van der Waals surface area contributed by atoms with Crippen molar-refractivity contribution >= 4 is 5.91 Å². The summed E-state index contributed by atoms with van der Waals surface area (Å²) in [6.45, 7) is 0.536. The number of amides is 1. The van der Waals surface area contributed by atoms with Gasteiger partial charge >= 0.3 is 6.18 Å². The maximum Gasteiger partial charge on any atom is 0.416 e. The zero-order chi connectivity index (χ0) is 16.4. The van der Waals surface area contributed by atoms with Gasteiger partial charge in [0.25, 0.3) is 0 Å². The number of rotatable bonds is 2. The van der Waals surface area contributed by atoms with Gasteiger partial charge in [0.05, 0.1) is 11.5 Å². The highest BCUT2D eigenvalue weighted by molar-refractivity contribution is 5.85. The van der Waals surface area contributed by atoms with E-state index >= 15 is 0 Å². The summed E-state index contributed by atoms with van der Waals surface area (Å²) in [4.78, 5) is 12.3. The summed E-state index contributed by atoms with van der Waals surface area (Å²) in [6.07, 6.45) is -3.64. The molecular weight excluding hydrogens is 303 g/mol. The molecule has 23 heavy (non-hydrogen) atoms. The molecule has 120 valence electrons. The average molecular weight is 319 g/mol. The van der Waals surface area contributed by atoms with Gasteiger partial charge in [-0.15, -0.1) is 0 Å². The van der Waals surface area contributed by atoms with Crippen LogP contribution in [0.2, 0.25) is 0 Å². The lowest BCUT2D eigenvalue weighted by atomic mass is 9.77. The maximum atomic E-state index is 12.7. The Labute approximate surface area is 132 Å². The number of carbonyl (C=O) groups excluding carboxylic acids is 1. The Balaban J connectivity index is 1.94. The monoisotopic (exact) mass is 319 g/mol. The molecule has 1 amide bonds. The molecule has 0 bridgehead atoms. The van der Waals surface area contributed by atoms with Gasteiger partial charge in [0, 0.05) is 12.5 Å². The molecule has 0 aromatic heterocycles. The highest BCUT2D eigenvalue weighted by atomic mass is 19.4. The topological polar surface area (TPSA) is 29.1 Å². The molecule has 1 aliphatic heterocycles. The van der Waals surface area contributed by atoms with Crippen molar-refractivity contribution in [1.82, 2.24) is 5.32 Å². The van der Waals surface area contributed by atoms with Crippen molar-refractivity contribution in [1.29, 1.82) is 0 Å². The molecule has 1 N–H and O–H groups in total. The number of benzene rings is 2. The minimum Gasteiger partial charge on any atom is -0.356 e. The van der Waals surface area contributed by atoms with Crippen molar-refractivity contribution in [2.45, 2.75) is 24.4 Å². The smallest absolute Gasteiger partial charge is 0.356 e. The van der Waals surface area contributed by atoms with Crippen LogP contribution in [0.25, 0.3) is 0 Å². The van der Waals surface area contributed by atoms with Crippen molar-refractivity contribution in [3.05, 3.63) is 71.3 Å². The van der Waals surface area contributed by atoms with E-state index in [0.29, 0.717) is 13.0 Å². The predicted molar refractivity (Wildman–Crippen MR) is 81.0 cm³/mol. The van der Waals surface area contributed by atoms with Crippen LogP contribution < -0.4 is 5.32 Å². The molecule has 2 nitrogen and oxygen atoms in total. The van der Waals surface area contributed by atoms with Crippen molar-refractivity contribution in [3.63, 3.8) is 0 Å². The van der Waals surface area contributed by atoms with Crippen LogP contribution in [0.4, 0.5) is 13.2 Å².